The van der Waals surface area contributed by atoms with Crippen LogP contribution in [-0.2, 0) is 0 Å². The van der Waals surface area contributed by atoms with E-state index >= 15 is 0 Å². The lowest BCUT2D eigenvalue weighted by molar-refractivity contribution is 0.0912. The predicted octanol–water partition coefficient (Wildman–Crippen LogP) is 1.29. The Morgan fingerprint density at radius 3 is 2.81 bits per heavy atom. The second kappa shape index (κ2) is 4.94. The van der Waals surface area contributed by atoms with Crippen LogP contribution in [0.15, 0.2) is 18.3 Å². The molecule has 1 rings (SSSR count). The van der Waals surface area contributed by atoms with Gasteiger partial charge in [0.1, 0.15) is 0 Å². The number of hydrogen-bond acceptors (Lipinski definition) is 4. The van der Waals surface area contributed by atoms with Gasteiger partial charge in [0.15, 0.2) is 5.82 Å². The Morgan fingerprint density at radius 1 is 1.56 bits per heavy atom. The molecule has 0 aliphatic rings. The SMILES string of the molecule is CCC(C)(C)NC(=O)c1cccnc1NN. The van der Waals surface area contributed by atoms with E-state index in [-0.39, 0.29) is 11.4 Å². The van der Waals surface area contributed by atoms with Crippen LogP contribution in [0, 0.1) is 0 Å². The Morgan fingerprint density at radius 2 is 2.25 bits per heavy atom. The topological polar surface area (TPSA) is 80.0 Å². The number of nitrogens with two attached hydrogens (primary N) is 1. The van der Waals surface area contributed by atoms with E-state index in [2.05, 4.69) is 15.7 Å². The largest absolute Gasteiger partial charge is 0.347 e. The molecule has 0 spiro atoms. The fourth-order valence-corrected chi connectivity index (χ4v) is 1.17. The normalized spacial score (nSPS) is 11.0. The minimum Gasteiger partial charge on any atom is -0.347 e. The maximum atomic E-state index is 12.0. The summed E-state index contributed by atoms with van der Waals surface area (Å²) in [6.07, 6.45) is 2.43. The number of nitrogens with zero attached hydrogens (tertiary/aromatic N) is 1. The Balaban J connectivity index is 2.88. The van der Waals surface area contributed by atoms with Crippen LogP contribution >= 0.6 is 0 Å². The lowest BCUT2D eigenvalue weighted by Crippen LogP contribution is -2.43. The van der Waals surface area contributed by atoms with Gasteiger partial charge in [-0.05, 0) is 32.4 Å². The Hall–Kier alpha value is -1.62. The van der Waals surface area contributed by atoms with Crippen molar-refractivity contribution in [1.29, 1.82) is 0 Å². The molecule has 88 valence electrons. The van der Waals surface area contributed by atoms with Crippen LogP contribution in [0.4, 0.5) is 5.82 Å². The molecule has 0 aromatic carbocycles. The molecule has 1 amide bonds. The number of hydrazine groups is 1. The first-order valence-corrected chi connectivity index (χ1v) is 5.24. The molecule has 0 radical (unpaired) electrons. The van der Waals surface area contributed by atoms with Crippen molar-refractivity contribution in [2.24, 2.45) is 5.84 Å². The number of nitrogen functional groups attached to an aromatic ring is 1. The van der Waals surface area contributed by atoms with Gasteiger partial charge < -0.3 is 10.7 Å². The highest BCUT2D eigenvalue weighted by molar-refractivity contribution is 5.98. The smallest absolute Gasteiger partial charge is 0.255 e. The van der Waals surface area contributed by atoms with E-state index in [9.17, 15) is 4.79 Å². The van der Waals surface area contributed by atoms with Gasteiger partial charge in [0.2, 0.25) is 0 Å². The molecule has 1 heterocycles. The standard InChI is InChI=1S/C11H18N4O/c1-4-11(2,3)14-10(16)8-6-5-7-13-9(8)15-12/h5-7H,4,12H2,1-3H3,(H,13,15)(H,14,16). The summed E-state index contributed by atoms with van der Waals surface area (Å²) in [6, 6.07) is 3.39. The van der Waals surface area contributed by atoms with Crippen LogP contribution in [0.25, 0.3) is 0 Å². The van der Waals surface area contributed by atoms with Crippen LogP contribution in [0.2, 0.25) is 0 Å². The molecule has 1 aromatic heterocycles. The summed E-state index contributed by atoms with van der Waals surface area (Å²) in [6.45, 7) is 5.96. The molecule has 0 bridgehead atoms. The second-order valence-electron chi connectivity index (χ2n) is 4.24. The number of pyridine rings is 1. The second-order valence-corrected chi connectivity index (χ2v) is 4.24. The zero-order valence-electron chi connectivity index (χ0n) is 9.87. The third-order valence-corrected chi connectivity index (χ3v) is 2.52. The van der Waals surface area contributed by atoms with E-state index in [1.807, 2.05) is 20.8 Å². The minimum absolute atomic E-state index is 0.173. The highest BCUT2D eigenvalue weighted by atomic mass is 16.1. The van der Waals surface area contributed by atoms with Crippen molar-refractivity contribution in [3.8, 4) is 0 Å². The van der Waals surface area contributed by atoms with Crippen molar-refractivity contribution in [2.75, 3.05) is 5.43 Å². The van der Waals surface area contributed by atoms with Gasteiger partial charge in [-0.25, -0.2) is 10.8 Å². The van der Waals surface area contributed by atoms with Crippen molar-refractivity contribution in [3.63, 3.8) is 0 Å². The number of aromatic nitrogens is 1. The van der Waals surface area contributed by atoms with E-state index in [4.69, 9.17) is 5.84 Å². The summed E-state index contributed by atoms with van der Waals surface area (Å²) in [5.41, 5.74) is 2.62. The summed E-state index contributed by atoms with van der Waals surface area (Å²) in [7, 11) is 0. The van der Waals surface area contributed by atoms with Crippen LogP contribution in [0.1, 0.15) is 37.6 Å². The van der Waals surface area contributed by atoms with Crippen LogP contribution in [-0.4, -0.2) is 16.4 Å². The van der Waals surface area contributed by atoms with Crippen LogP contribution in [0.3, 0.4) is 0 Å². The van der Waals surface area contributed by atoms with Crippen molar-refractivity contribution in [3.05, 3.63) is 23.9 Å². The molecule has 0 unspecified atom stereocenters. The van der Waals surface area contributed by atoms with E-state index < -0.39 is 0 Å². The predicted molar refractivity (Wildman–Crippen MR) is 63.9 cm³/mol. The molecule has 0 atom stereocenters. The minimum atomic E-state index is -0.237. The Labute approximate surface area is 95.4 Å². The van der Waals surface area contributed by atoms with E-state index in [1.165, 1.54) is 0 Å². The Kier molecular flexibility index (Phi) is 3.84. The number of nitrogens with one attached hydrogen (secondary N) is 2. The summed E-state index contributed by atoms with van der Waals surface area (Å²) in [5, 5.41) is 2.92. The third kappa shape index (κ3) is 2.93. The number of rotatable bonds is 4. The van der Waals surface area contributed by atoms with Gasteiger partial charge in [0.25, 0.3) is 5.91 Å². The fourth-order valence-electron chi connectivity index (χ4n) is 1.17. The van der Waals surface area contributed by atoms with Crippen LogP contribution in [0.5, 0.6) is 0 Å². The van der Waals surface area contributed by atoms with Crippen molar-refractivity contribution >= 4 is 11.7 Å². The monoisotopic (exact) mass is 222 g/mol. The fraction of sp³-hybridized carbons (Fsp3) is 0.455. The van der Waals surface area contributed by atoms with Gasteiger partial charge in [0.05, 0.1) is 5.56 Å². The van der Waals surface area contributed by atoms with Crippen molar-refractivity contribution in [2.45, 2.75) is 32.7 Å². The van der Waals surface area contributed by atoms with Crippen molar-refractivity contribution < 1.29 is 4.79 Å². The lowest BCUT2D eigenvalue weighted by atomic mass is 10.0. The molecule has 0 saturated heterocycles. The lowest BCUT2D eigenvalue weighted by Gasteiger charge is -2.24. The summed E-state index contributed by atoms with van der Waals surface area (Å²) in [4.78, 5) is 15.9. The quantitative estimate of drug-likeness (QED) is 0.529. The average molecular weight is 222 g/mol. The van der Waals surface area contributed by atoms with E-state index in [0.29, 0.717) is 11.4 Å². The molecule has 0 fully saturated rings. The van der Waals surface area contributed by atoms with Gasteiger partial charge in [-0.3, -0.25) is 4.79 Å². The van der Waals surface area contributed by atoms with Gasteiger partial charge in [-0.2, -0.15) is 0 Å². The summed E-state index contributed by atoms with van der Waals surface area (Å²) >= 11 is 0. The first-order valence-electron chi connectivity index (χ1n) is 5.24. The molecular formula is C11H18N4O. The van der Waals surface area contributed by atoms with Crippen LogP contribution < -0.4 is 16.6 Å². The molecule has 16 heavy (non-hydrogen) atoms. The number of carbonyl (C=O) groups excluding carboxylic acids is 1. The van der Waals surface area contributed by atoms with Gasteiger partial charge >= 0.3 is 0 Å². The molecular weight excluding hydrogens is 204 g/mol. The molecule has 5 heteroatoms. The Bertz CT molecular complexity index is 376. The first-order chi connectivity index (χ1) is 7.50. The number of anilines is 1. The van der Waals surface area contributed by atoms with Gasteiger partial charge in [-0.1, -0.05) is 6.92 Å². The highest BCUT2D eigenvalue weighted by Crippen LogP contribution is 2.13. The molecule has 1 aromatic rings. The number of amides is 1. The number of hydrogen-bond donors (Lipinski definition) is 3. The zero-order chi connectivity index (χ0) is 12.2. The summed E-state index contributed by atoms with van der Waals surface area (Å²) < 4.78 is 0. The van der Waals surface area contributed by atoms with E-state index in [1.54, 1.807) is 18.3 Å². The van der Waals surface area contributed by atoms with Gasteiger partial charge in [-0.15, -0.1) is 0 Å². The molecule has 5 nitrogen and oxygen atoms in total. The first kappa shape index (κ1) is 12.4. The molecule has 0 aliphatic carbocycles. The third-order valence-electron chi connectivity index (χ3n) is 2.52. The molecule has 0 saturated carbocycles. The van der Waals surface area contributed by atoms with Crippen molar-refractivity contribution in [1.82, 2.24) is 10.3 Å². The van der Waals surface area contributed by atoms with Gasteiger partial charge in [0, 0.05) is 11.7 Å². The van der Waals surface area contributed by atoms with E-state index in [0.717, 1.165) is 6.42 Å². The molecule has 4 N–H and O–H groups in total. The summed E-state index contributed by atoms with van der Waals surface area (Å²) in [5.74, 6) is 5.50. The average Bonchev–Trinajstić information content (AvgIpc) is 2.28. The highest BCUT2D eigenvalue weighted by Gasteiger charge is 2.20. The maximum Gasteiger partial charge on any atom is 0.255 e. The molecule has 0 aliphatic heterocycles. The number of carbonyl (C=O) groups is 1. The maximum absolute atomic E-state index is 12.0. The zero-order valence-corrected chi connectivity index (χ0v) is 9.87.